The Morgan fingerprint density at radius 2 is 1.68 bits per heavy atom. The van der Waals surface area contributed by atoms with Gasteiger partial charge in [0.2, 0.25) is 5.75 Å². The van der Waals surface area contributed by atoms with Gasteiger partial charge in [0.1, 0.15) is 0 Å². The fourth-order valence-corrected chi connectivity index (χ4v) is 3.62. The third kappa shape index (κ3) is 6.16. The summed E-state index contributed by atoms with van der Waals surface area (Å²) in [5.41, 5.74) is 1.80. The summed E-state index contributed by atoms with van der Waals surface area (Å²) in [6, 6.07) is 13.4. The molecule has 152 valence electrons. The van der Waals surface area contributed by atoms with E-state index in [2.05, 4.69) is 15.6 Å². The topological polar surface area (TPSA) is 81.2 Å². The highest BCUT2D eigenvalue weighted by Crippen LogP contribution is 2.39. The van der Waals surface area contributed by atoms with Gasteiger partial charge < -0.3 is 24.8 Å². The number of nitrogens with one attached hydrogen (secondary N) is 2. The summed E-state index contributed by atoms with van der Waals surface area (Å²) in [6.07, 6.45) is 0. The maximum atomic E-state index is 12.2. The predicted molar refractivity (Wildman–Crippen MR) is 114 cm³/mol. The third-order valence-electron chi connectivity index (χ3n) is 3.94. The molecule has 7 nitrogen and oxygen atoms in total. The third-order valence-corrected chi connectivity index (χ3v) is 5.26. The normalized spacial score (nSPS) is 12.2. The van der Waals surface area contributed by atoms with Crippen molar-refractivity contribution in [2.75, 3.05) is 46.0 Å². The first-order chi connectivity index (χ1) is 13.6. The van der Waals surface area contributed by atoms with Crippen molar-refractivity contribution in [1.82, 2.24) is 5.32 Å². The van der Waals surface area contributed by atoms with Gasteiger partial charge in [-0.3, -0.25) is 9.20 Å². The van der Waals surface area contributed by atoms with Gasteiger partial charge >= 0.3 is 0 Å². The van der Waals surface area contributed by atoms with Crippen molar-refractivity contribution >= 4 is 22.4 Å². The highest BCUT2D eigenvalue weighted by atomic mass is 32.2. The van der Waals surface area contributed by atoms with Crippen LogP contribution >= 0.6 is 0 Å². The van der Waals surface area contributed by atoms with Crippen molar-refractivity contribution in [3.8, 4) is 17.2 Å². The van der Waals surface area contributed by atoms with E-state index in [1.165, 1.54) is 0 Å². The second-order valence-corrected chi connectivity index (χ2v) is 7.39. The van der Waals surface area contributed by atoms with Crippen LogP contribution in [0.15, 0.2) is 47.5 Å². The number of benzene rings is 2. The Morgan fingerprint density at radius 1 is 1.04 bits per heavy atom. The second-order valence-electron chi connectivity index (χ2n) is 5.81. The van der Waals surface area contributed by atoms with Gasteiger partial charge in [-0.05, 0) is 5.56 Å². The lowest BCUT2D eigenvalue weighted by Crippen LogP contribution is -2.33. The van der Waals surface area contributed by atoms with Crippen LogP contribution in [0.5, 0.6) is 17.2 Å². The zero-order chi connectivity index (χ0) is 20.4. The van der Waals surface area contributed by atoms with Gasteiger partial charge in [-0.25, -0.2) is 0 Å². The minimum Gasteiger partial charge on any atom is -0.493 e. The van der Waals surface area contributed by atoms with Crippen LogP contribution in [0, 0.1) is 0 Å². The van der Waals surface area contributed by atoms with Gasteiger partial charge in [-0.2, -0.15) is 0 Å². The number of methoxy groups -OCH3 is 3. The van der Waals surface area contributed by atoms with E-state index in [4.69, 9.17) is 14.2 Å². The van der Waals surface area contributed by atoms with Crippen LogP contribution in [0.25, 0.3) is 0 Å². The molecule has 0 aliphatic rings. The molecule has 0 heterocycles. The highest BCUT2D eigenvalue weighted by Gasteiger charge is 2.14. The molecule has 8 heteroatoms. The average molecular weight is 406 g/mol. The molecule has 0 saturated heterocycles. The number of nitrogens with zero attached hydrogens (tertiary/aromatic N) is 1. The van der Waals surface area contributed by atoms with Crippen LogP contribution in [0.2, 0.25) is 0 Å². The zero-order valence-corrected chi connectivity index (χ0v) is 17.5. The van der Waals surface area contributed by atoms with Crippen molar-refractivity contribution in [2.45, 2.75) is 5.75 Å². The monoisotopic (exact) mass is 405 g/mol. The Labute approximate surface area is 168 Å². The summed E-state index contributed by atoms with van der Waals surface area (Å²) < 4.78 is 28.3. The van der Waals surface area contributed by atoms with Crippen LogP contribution in [-0.2, 0) is 16.6 Å². The van der Waals surface area contributed by atoms with Crippen molar-refractivity contribution in [2.24, 2.45) is 4.99 Å². The standard InChI is InChI=1S/C20H27N3O4S/c1-21-20(22-10-11-28(24)14-15-8-6-5-7-9-15)23-16-12-17(25-2)19(27-4)18(13-16)26-3/h5-9,12-13H,10-11,14H2,1-4H3,(H2,21,22,23). The molecule has 2 aromatic rings. The second kappa shape index (κ2) is 11.2. The summed E-state index contributed by atoms with van der Waals surface area (Å²) in [4.78, 5) is 4.20. The Hall–Kier alpha value is -2.74. The highest BCUT2D eigenvalue weighted by molar-refractivity contribution is 7.84. The van der Waals surface area contributed by atoms with Crippen molar-refractivity contribution in [3.63, 3.8) is 0 Å². The molecule has 0 radical (unpaired) electrons. The summed E-state index contributed by atoms with van der Waals surface area (Å²) in [5.74, 6) is 3.24. The first-order valence-electron chi connectivity index (χ1n) is 8.77. The minimum atomic E-state index is -0.952. The van der Waals surface area contributed by atoms with E-state index < -0.39 is 10.8 Å². The van der Waals surface area contributed by atoms with Crippen LogP contribution in [0.4, 0.5) is 5.69 Å². The average Bonchev–Trinajstić information content (AvgIpc) is 2.72. The molecule has 0 aliphatic carbocycles. The molecule has 2 rings (SSSR count). The molecule has 0 aliphatic heterocycles. The molecule has 0 fully saturated rings. The van der Waals surface area contributed by atoms with Gasteiger partial charge in [-0.15, -0.1) is 0 Å². The van der Waals surface area contributed by atoms with Crippen molar-refractivity contribution in [3.05, 3.63) is 48.0 Å². The number of anilines is 1. The van der Waals surface area contributed by atoms with Gasteiger partial charge in [-0.1, -0.05) is 30.3 Å². The van der Waals surface area contributed by atoms with Gasteiger partial charge in [0.05, 0.1) is 21.3 Å². The summed E-state index contributed by atoms with van der Waals surface area (Å²) in [7, 11) is 5.41. The molecule has 0 saturated carbocycles. The molecule has 0 amide bonds. The van der Waals surface area contributed by atoms with E-state index in [0.717, 1.165) is 11.3 Å². The number of ether oxygens (including phenoxy) is 3. The summed E-state index contributed by atoms with van der Waals surface area (Å²) >= 11 is 0. The number of aliphatic imine (C=N–C) groups is 1. The fraction of sp³-hybridized carbons (Fsp3) is 0.350. The minimum absolute atomic E-state index is 0.519. The molecule has 1 atom stereocenters. The zero-order valence-electron chi connectivity index (χ0n) is 16.7. The quantitative estimate of drug-likeness (QED) is 0.493. The molecule has 28 heavy (non-hydrogen) atoms. The van der Waals surface area contributed by atoms with Gasteiger partial charge in [0.25, 0.3) is 0 Å². The maximum Gasteiger partial charge on any atom is 0.203 e. The number of rotatable bonds is 9. The largest absolute Gasteiger partial charge is 0.493 e. The molecule has 2 N–H and O–H groups in total. The lowest BCUT2D eigenvalue weighted by Gasteiger charge is -2.16. The molecule has 0 bridgehead atoms. The number of guanidine groups is 1. The van der Waals surface area contributed by atoms with Gasteiger partial charge in [0.15, 0.2) is 17.5 Å². The van der Waals surface area contributed by atoms with Crippen LogP contribution in [0.1, 0.15) is 5.56 Å². The first kappa shape index (κ1) is 21.6. The molecular weight excluding hydrogens is 378 g/mol. The van der Waals surface area contributed by atoms with Crippen LogP contribution < -0.4 is 24.8 Å². The van der Waals surface area contributed by atoms with E-state index >= 15 is 0 Å². The summed E-state index contributed by atoms with van der Waals surface area (Å²) in [5, 5.41) is 6.35. The first-order valence-corrected chi connectivity index (χ1v) is 10.3. The van der Waals surface area contributed by atoms with Gasteiger partial charge in [0, 0.05) is 53.7 Å². The molecule has 0 spiro atoms. The molecule has 0 aromatic heterocycles. The fourth-order valence-electron chi connectivity index (χ4n) is 2.58. The Balaban J connectivity index is 1.93. The lowest BCUT2D eigenvalue weighted by molar-refractivity contribution is 0.324. The Bertz CT molecular complexity index is 787. The predicted octanol–water partition coefficient (Wildman–Crippen LogP) is 2.65. The van der Waals surface area contributed by atoms with Crippen molar-refractivity contribution < 1.29 is 18.4 Å². The number of hydrogen-bond acceptors (Lipinski definition) is 5. The van der Waals surface area contributed by atoms with E-state index in [0.29, 0.717) is 41.3 Å². The molecular formula is C20H27N3O4S. The van der Waals surface area contributed by atoms with Crippen molar-refractivity contribution in [1.29, 1.82) is 0 Å². The molecule has 2 aromatic carbocycles. The van der Waals surface area contributed by atoms with E-state index in [1.807, 2.05) is 30.3 Å². The van der Waals surface area contributed by atoms with E-state index in [-0.39, 0.29) is 0 Å². The lowest BCUT2D eigenvalue weighted by atomic mass is 10.2. The Morgan fingerprint density at radius 3 is 2.21 bits per heavy atom. The summed E-state index contributed by atoms with van der Waals surface area (Å²) in [6.45, 7) is 0.531. The number of hydrogen-bond donors (Lipinski definition) is 2. The SMILES string of the molecule is CN=C(NCCS(=O)Cc1ccccc1)Nc1cc(OC)c(OC)c(OC)c1. The van der Waals surface area contributed by atoms with Crippen LogP contribution in [-0.4, -0.2) is 50.8 Å². The Kier molecular flexibility index (Phi) is 8.61. The molecule has 1 unspecified atom stereocenters. The van der Waals surface area contributed by atoms with E-state index in [9.17, 15) is 4.21 Å². The van der Waals surface area contributed by atoms with E-state index in [1.54, 1.807) is 40.5 Å². The maximum absolute atomic E-state index is 12.2. The smallest absolute Gasteiger partial charge is 0.203 e. The van der Waals surface area contributed by atoms with Crippen LogP contribution in [0.3, 0.4) is 0 Å².